The van der Waals surface area contributed by atoms with Crippen molar-refractivity contribution in [3.63, 3.8) is 0 Å². The first-order valence-electron chi connectivity index (χ1n) is 0.383. The fraction of sp³-hybridized carbons (Fsp3) is 0. The van der Waals surface area contributed by atoms with Crippen molar-refractivity contribution in [3.05, 3.63) is 0 Å². The third-order valence-electron chi connectivity index (χ3n) is 0. The molecule has 0 bridgehead atoms. The third-order valence-corrected chi connectivity index (χ3v) is 0. The van der Waals surface area contributed by atoms with E-state index in [9.17, 15) is 0 Å². The van der Waals surface area contributed by atoms with Gasteiger partial charge in [0, 0.05) is 17.1 Å². The van der Waals surface area contributed by atoms with Crippen molar-refractivity contribution in [3.8, 4) is 0 Å². The minimum absolute atomic E-state index is 0. The monoisotopic (exact) mass is 129 g/mol. The molecule has 0 aromatic rings. The summed E-state index contributed by atoms with van der Waals surface area (Å²) < 4.78 is 15.4. The van der Waals surface area contributed by atoms with Crippen molar-refractivity contribution in [2.75, 3.05) is 0 Å². The van der Waals surface area contributed by atoms with Gasteiger partial charge in [-0.15, -0.1) is 0 Å². The zero-order valence-corrected chi connectivity index (χ0v) is 3.44. The summed E-state index contributed by atoms with van der Waals surface area (Å²) in [5.41, 5.74) is 0. The summed E-state index contributed by atoms with van der Waals surface area (Å²) in [6.07, 6.45) is 0. The van der Waals surface area contributed by atoms with Crippen LogP contribution in [0.15, 0.2) is 0 Å². The van der Waals surface area contributed by atoms with Crippen molar-refractivity contribution < 1.29 is 25.8 Å². The van der Waals surface area contributed by atoms with Gasteiger partial charge in [0.05, 0.1) is 0 Å². The van der Waals surface area contributed by atoms with E-state index in [4.69, 9.17) is 8.76 Å². The second-order valence-electron chi connectivity index (χ2n) is 0.0816. The summed E-state index contributed by atoms with van der Waals surface area (Å²) in [6, 6.07) is 0. The molecule has 0 rings (SSSR count). The van der Waals surface area contributed by atoms with Crippen molar-refractivity contribution in [2.45, 2.75) is 0 Å². The minimum atomic E-state index is -0.833. The summed E-state index contributed by atoms with van der Waals surface area (Å²) in [6.45, 7) is 0. The average molecular weight is 130 g/mol. The first kappa shape index (κ1) is 8.82. The molecule has 0 aliphatic heterocycles. The molecule has 0 saturated carbocycles. The van der Waals surface area contributed by atoms with Crippen molar-refractivity contribution in [1.82, 2.24) is 0 Å². The molecule has 2 nitrogen and oxygen atoms in total. The molecule has 0 aliphatic carbocycles. The van der Waals surface area contributed by atoms with Crippen LogP contribution in [0.5, 0.6) is 0 Å². The van der Waals surface area contributed by atoms with E-state index in [1.807, 2.05) is 0 Å². The van der Waals surface area contributed by atoms with Gasteiger partial charge >= 0.3 is 0 Å². The molecular weight excluding hydrogens is 128 g/mol. The van der Waals surface area contributed by atoms with E-state index in [0.29, 0.717) is 0 Å². The summed E-state index contributed by atoms with van der Waals surface area (Å²) in [4.78, 5) is 0. The maximum atomic E-state index is 8.46. The molecule has 0 heterocycles. The minimum Gasteiger partial charge on any atom is -0.308 e. The van der Waals surface area contributed by atoms with E-state index >= 15 is 0 Å². The van der Waals surface area contributed by atoms with Gasteiger partial charge in [0.2, 0.25) is 0 Å². The Bertz CT molecular complexity index is 13.5. The summed E-state index contributed by atoms with van der Waals surface area (Å²) in [5, 5.41) is 0. The summed E-state index contributed by atoms with van der Waals surface area (Å²) in [7, 11) is 0. The van der Waals surface area contributed by atoms with Crippen LogP contribution in [0.2, 0.25) is 0 Å². The van der Waals surface area contributed by atoms with Crippen LogP contribution in [0.3, 0.4) is 0 Å². The zero-order valence-electron chi connectivity index (χ0n) is 1.60. The van der Waals surface area contributed by atoms with Gasteiger partial charge < -0.3 is 4.55 Å². The van der Waals surface area contributed by atoms with Gasteiger partial charge in [-0.3, -0.25) is 0 Å². The molecule has 1 N–H and O–H groups in total. The van der Waals surface area contributed by atoms with Crippen molar-refractivity contribution in [1.29, 1.82) is 0 Å². The van der Waals surface area contributed by atoms with E-state index in [-0.39, 0.29) is 17.1 Å². The van der Waals surface area contributed by atoms with Gasteiger partial charge in [-0.05, 0) is 0 Å². The van der Waals surface area contributed by atoms with Crippen LogP contribution in [0.4, 0.5) is 0 Å². The Morgan fingerprint density at radius 3 is 1.75 bits per heavy atom. The quantitative estimate of drug-likeness (QED) is 0.261. The Morgan fingerprint density at radius 2 is 1.75 bits per heavy atom. The normalized spacial score (nSPS) is 4.25. The van der Waals surface area contributed by atoms with Crippen molar-refractivity contribution in [2.24, 2.45) is 0 Å². The predicted octanol–water partition coefficient (Wildman–Crippen LogP) is -0.598. The van der Waals surface area contributed by atoms with Crippen LogP contribution >= 0.6 is 0 Å². The Hall–Kier alpha value is 0.629. The maximum absolute atomic E-state index is 8.46. The Morgan fingerprint density at radius 1 is 1.75 bits per heavy atom. The van der Waals surface area contributed by atoms with Crippen LogP contribution in [-0.4, -0.2) is 8.76 Å². The number of hydrogen-bond donors (Lipinski definition) is 2. The Kier molecular flexibility index (Phi) is 20.8. The van der Waals surface area contributed by atoms with E-state index in [1.54, 1.807) is 0 Å². The second-order valence-corrected chi connectivity index (χ2v) is 0.245. The van der Waals surface area contributed by atoms with Gasteiger partial charge in [-0.2, -0.15) is 0 Å². The van der Waals surface area contributed by atoms with Crippen molar-refractivity contribution >= 4 is 11.9 Å². The number of rotatable bonds is 0. The molecule has 0 aromatic heterocycles. The molecule has 31 valence electrons. The third kappa shape index (κ3) is 17.6. The molecule has 0 spiro atoms. The average Bonchev–Trinajstić information content (AvgIpc) is 0.918. The SMILES string of the molecule is O=[SH]O.[Cu]. The molecule has 0 saturated heterocycles. The van der Waals surface area contributed by atoms with Gasteiger partial charge in [0.25, 0.3) is 0 Å². The van der Waals surface area contributed by atoms with Gasteiger partial charge in [0.15, 0.2) is 0 Å². The van der Waals surface area contributed by atoms with Crippen LogP contribution in [0.25, 0.3) is 0 Å². The molecule has 0 fully saturated rings. The molecule has 0 amide bonds. The Balaban J connectivity index is 0. The first-order valence-corrected chi connectivity index (χ1v) is 1.15. The molecule has 4 heteroatoms. The molecular formula is H2CuO2S. The Labute approximate surface area is 38.4 Å². The summed E-state index contributed by atoms with van der Waals surface area (Å²) in [5.74, 6) is 0. The van der Waals surface area contributed by atoms with Gasteiger partial charge in [-0.1, -0.05) is 0 Å². The molecule has 0 atom stereocenters. The standard InChI is InChI=1S/Cu.H2O2S/c;1-3-2/h;3H,(H,1,2). The van der Waals surface area contributed by atoms with Crippen LogP contribution in [0, 0.1) is 0 Å². The number of thiol groups is 1. The van der Waals surface area contributed by atoms with Gasteiger partial charge in [0.1, 0.15) is 11.9 Å². The van der Waals surface area contributed by atoms with Crippen LogP contribution < -0.4 is 0 Å². The molecule has 0 unspecified atom stereocenters. The molecule has 1 radical (unpaired) electrons. The maximum Gasteiger partial charge on any atom is 0.139 e. The topological polar surface area (TPSA) is 37.3 Å². The zero-order chi connectivity index (χ0) is 2.71. The van der Waals surface area contributed by atoms with E-state index in [1.165, 1.54) is 0 Å². The van der Waals surface area contributed by atoms with Gasteiger partial charge in [-0.25, -0.2) is 4.21 Å². The van der Waals surface area contributed by atoms with Crippen LogP contribution in [-0.2, 0) is 29.0 Å². The first-order chi connectivity index (χ1) is 1.41. The fourth-order valence-corrected chi connectivity index (χ4v) is 0. The molecule has 0 aromatic carbocycles. The number of hydrogen-bond acceptors (Lipinski definition) is 1. The predicted molar refractivity (Wildman–Crippen MR) is 12.2 cm³/mol. The second kappa shape index (κ2) is 9.45. The van der Waals surface area contributed by atoms with E-state index in [2.05, 4.69) is 0 Å². The van der Waals surface area contributed by atoms with E-state index in [0.717, 1.165) is 0 Å². The van der Waals surface area contributed by atoms with E-state index < -0.39 is 11.9 Å². The summed E-state index contributed by atoms with van der Waals surface area (Å²) >= 11 is -0.833. The largest absolute Gasteiger partial charge is 0.308 e. The van der Waals surface area contributed by atoms with Crippen LogP contribution in [0.1, 0.15) is 0 Å². The molecule has 0 aliphatic rings. The fourth-order valence-electron chi connectivity index (χ4n) is 0. The molecule has 4 heavy (non-hydrogen) atoms. The smallest absolute Gasteiger partial charge is 0.139 e.